The minimum atomic E-state index is -3.20. The number of ether oxygens (including phenoxy) is 2. The summed E-state index contributed by atoms with van der Waals surface area (Å²) in [6.07, 6.45) is 1.39. The zero-order valence-electron chi connectivity index (χ0n) is 11.0. The molecule has 1 aliphatic heterocycles. The average molecular weight is 266 g/mol. The second-order valence-corrected chi connectivity index (χ2v) is 6.32. The molecule has 0 atom stereocenters. The summed E-state index contributed by atoms with van der Waals surface area (Å²) >= 11 is 0. The molecule has 0 aromatic rings. The quantitative estimate of drug-likeness (QED) is 0.761. The van der Waals surface area contributed by atoms with Crippen LogP contribution in [0.25, 0.3) is 0 Å². The zero-order chi connectivity index (χ0) is 13.4. The van der Waals surface area contributed by atoms with E-state index in [0.29, 0.717) is 26.1 Å². The Kier molecular flexibility index (Phi) is 3.67. The van der Waals surface area contributed by atoms with Crippen LogP contribution in [0.4, 0.5) is 13.2 Å². The molecule has 0 unspecified atom stereocenters. The van der Waals surface area contributed by atoms with Gasteiger partial charge in [-0.3, -0.25) is 0 Å². The standard InChI is InChI=1S/C13H21F3O2/c1-11(2)8-17-12(18-9-11)5-3-10(4-6-12)13(15,16)7-14/h10H,3-9H2,1-2H3. The van der Waals surface area contributed by atoms with Crippen molar-refractivity contribution in [3.05, 3.63) is 0 Å². The fraction of sp³-hybridized carbons (Fsp3) is 1.00. The summed E-state index contributed by atoms with van der Waals surface area (Å²) in [5, 5.41) is 0. The molecule has 1 aliphatic carbocycles. The molecule has 2 fully saturated rings. The Bertz CT molecular complexity index is 285. The highest BCUT2D eigenvalue weighted by molar-refractivity contribution is 4.89. The maximum absolute atomic E-state index is 13.3. The van der Waals surface area contributed by atoms with Crippen LogP contribution in [0.2, 0.25) is 0 Å². The Morgan fingerprint density at radius 3 is 2.06 bits per heavy atom. The van der Waals surface area contributed by atoms with Crippen molar-refractivity contribution in [2.24, 2.45) is 11.3 Å². The number of rotatable bonds is 2. The van der Waals surface area contributed by atoms with Crippen LogP contribution in [0.15, 0.2) is 0 Å². The van der Waals surface area contributed by atoms with E-state index < -0.39 is 24.3 Å². The summed E-state index contributed by atoms with van der Waals surface area (Å²) in [5.74, 6) is -4.77. The highest BCUT2D eigenvalue weighted by Crippen LogP contribution is 2.45. The first kappa shape index (κ1) is 14.1. The SMILES string of the molecule is CC1(C)COC2(CCC(C(F)(F)CF)CC2)OC1. The van der Waals surface area contributed by atoms with Crippen molar-refractivity contribution in [2.75, 3.05) is 19.9 Å². The number of hydrogen-bond donors (Lipinski definition) is 0. The van der Waals surface area contributed by atoms with Gasteiger partial charge in [-0.2, -0.15) is 0 Å². The summed E-state index contributed by atoms with van der Waals surface area (Å²) < 4.78 is 50.3. The van der Waals surface area contributed by atoms with Gasteiger partial charge in [0, 0.05) is 24.2 Å². The molecular weight excluding hydrogens is 245 g/mol. The van der Waals surface area contributed by atoms with Crippen LogP contribution in [-0.2, 0) is 9.47 Å². The van der Waals surface area contributed by atoms with E-state index in [1.54, 1.807) is 0 Å². The molecule has 0 bridgehead atoms. The third kappa shape index (κ3) is 2.82. The second-order valence-electron chi connectivity index (χ2n) is 6.32. The molecule has 2 nitrogen and oxygen atoms in total. The highest BCUT2D eigenvalue weighted by atomic mass is 19.3. The van der Waals surface area contributed by atoms with Crippen LogP contribution in [0, 0.1) is 11.3 Å². The van der Waals surface area contributed by atoms with Crippen molar-refractivity contribution >= 4 is 0 Å². The van der Waals surface area contributed by atoms with E-state index in [2.05, 4.69) is 0 Å². The van der Waals surface area contributed by atoms with Gasteiger partial charge in [0.15, 0.2) is 12.5 Å². The fourth-order valence-electron chi connectivity index (χ4n) is 2.61. The molecule has 1 spiro atoms. The monoisotopic (exact) mass is 266 g/mol. The van der Waals surface area contributed by atoms with Crippen LogP contribution in [0.3, 0.4) is 0 Å². The van der Waals surface area contributed by atoms with Gasteiger partial charge in [0.25, 0.3) is 5.92 Å². The third-order valence-corrected chi connectivity index (χ3v) is 3.97. The Balaban J connectivity index is 1.91. The van der Waals surface area contributed by atoms with Crippen molar-refractivity contribution in [2.45, 2.75) is 51.2 Å². The first-order valence-electron chi connectivity index (χ1n) is 6.50. The molecule has 0 N–H and O–H groups in total. The minimum absolute atomic E-state index is 0.0228. The number of alkyl halides is 3. The molecule has 0 aromatic heterocycles. The van der Waals surface area contributed by atoms with Crippen molar-refractivity contribution in [1.82, 2.24) is 0 Å². The maximum atomic E-state index is 13.3. The molecule has 0 radical (unpaired) electrons. The number of hydrogen-bond acceptors (Lipinski definition) is 2. The molecule has 1 heterocycles. The van der Waals surface area contributed by atoms with E-state index in [-0.39, 0.29) is 18.3 Å². The molecule has 1 saturated heterocycles. The van der Waals surface area contributed by atoms with E-state index in [0.717, 1.165) is 0 Å². The van der Waals surface area contributed by atoms with Gasteiger partial charge < -0.3 is 9.47 Å². The summed E-state index contributed by atoms with van der Waals surface area (Å²) in [7, 11) is 0. The fourth-order valence-corrected chi connectivity index (χ4v) is 2.61. The molecular formula is C13H21F3O2. The van der Waals surface area contributed by atoms with Crippen molar-refractivity contribution < 1.29 is 22.6 Å². The van der Waals surface area contributed by atoms with Gasteiger partial charge in [0.05, 0.1) is 13.2 Å². The molecule has 0 amide bonds. The van der Waals surface area contributed by atoms with Gasteiger partial charge in [-0.1, -0.05) is 13.8 Å². The lowest BCUT2D eigenvalue weighted by molar-refractivity contribution is -0.316. The Morgan fingerprint density at radius 2 is 1.61 bits per heavy atom. The van der Waals surface area contributed by atoms with Gasteiger partial charge in [-0.25, -0.2) is 13.2 Å². The molecule has 1 saturated carbocycles. The van der Waals surface area contributed by atoms with E-state index in [1.165, 1.54) is 0 Å². The van der Waals surface area contributed by atoms with E-state index in [1.807, 2.05) is 13.8 Å². The van der Waals surface area contributed by atoms with Gasteiger partial charge in [-0.05, 0) is 12.8 Å². The van der Waals surface area contributed by atoms with E-state index in [4.69, 9.17) is 9.47 Å². The van der Waals surface area contributed by atoms with Crippen LogP contribution in [0.1, 0.15) is 39.5 Å². The lowest BCUT2D eigenvalue weighted by atomic mass is 9.80. The zero-order valence-corrected chi connectivity index (χ0v) is 11.0. The first-order chi connectivity index (χ1) is 8.29. The lowest BCUT2D eigenvalue weighted by Gasteiger charge is -2.47. The smallest absolute Gasteiger partial charge is 0.278 e. The van der Waals surface area contributed by atoms with Gasteiger partial charge in [0.1, 0.15) is 0 Å². The lowest BCUT2D eigenvalue weighted by Crippen LogP contribution is -2.50. The van der Waals surface area contributed by atoms with Crippen molar-refractivity contribution in [3.8, 4) is 0 Å². The third-order valence-electron chi connectivity index (χ3n) is 3.97. The molecule has 2 rings (SSSR count). The predicted molar refractivity (Wildman–Crippen MR) is 61.3 cm³/mol. The summed E-state index contributed by atoms with van der Waals surface area (Å²) in [6, 6.07) is 0. The predicted octanol–water partition coefficient (Wildman–Crippen LogP) is 3.55. The summed E-state index contributed by atoms with van der Waals surface area (Å²) in [6.45, 7) is 3.68. The van der Waals surface area contributed by atoms with Gasteiger partial charge >= 0.3 is 0 Å². The van der Waals surface area contributed by atoms with E-state index >= 15 is 0 Å². The summed E-state index contributed by atoms with van der Waals surface area (Å²) in [4.78, 5) is 0. The van der Waals surface area contributed by atoms with Crippen molar-refractivity contribution in [1.29, 1.82) is 0 Å². The largest absolute Gasteiger partial charge is 0.349 e. The Hall–Kier alpha value is -0.290. The molecule has 18 heavy (non-hydrogen) atoms. The minimum Gasteiger partial charge on any atom is -0.349 e. The Morgan fingerprint density at radius 1 is 1.11 bits per heavy atom. The molecule has 5 heteroatoms. The maximum Gasteiger partial charge on any atom is 0.278 e. The Labute approximate surface area is 106 Å². The highest BCUT2D eigenvalue weighted by Gasteiger charge is 2.48. The molecule has 2 aliphatic rings. The first-order valence-corrected chi connectivity index (χ1v) is 6.50. The molecule has 106 valence electrons. The molecule has 0 aromatic carbocycles. The van der Waals surface area contributed by atoms with Crippen LogP contribution in [0.5, 0.6) is 0 Å². The van der Waals surface area contributed by atoms with Crippen LogP contribution >= 0.6 is 0 Å². The number of halogens is 3. The van der Waals surface area contributed by atoms with Gasteiger partial charge in [0.2, 0.25) is 0 Å². The van der Waals surface area contributed by atoms with Crippen LogP contribution in [-0.4, -0.2) is 31.6 Å². The topological polar surface area (TPSA) is 18.5 Å². The van der Waals surface area contributed by atoms with Crippen LogP contribution < -0.4 is 0 Å². The second kappa shape index (κ2) is 4.67. The van der Waals surface area contributed by atoms with E-state index in [9.17, 15) is 13.2 Å². The normalized spacial score (nSPS) is 28.5. The summed E-state index contributed by atoms with van der Waals surface area (Å²) in [5.41, 5.74) is -0.0228. The van der Waals surface area contributed by atoms with Crippen molar-refractivity contribution in [3.63, 3.8) is 0 Å². The average Bonchev–Trinajstić information content (AvgIpc) is 2.34. The van der Waals surface area contributed by atoms with Gasteiger partial charge in [-0.15, -0.1) is 0 Å².